The van der Waals surface area contributed by atoms with Crippen LogP contribution in [0.4, 0.5) is 0 Å². The molecular weight excluding hydrogens is 308 g/mol. The van der Waals surface area contributed by atoms with E-state index in [1.54, 1.807) is 0 Å². The first-order valence-electron chi connectivity index (χ1n) is 6.76. The zero-order valence-corrected chi connectivity index (χ0v) is 12.5. The molecule has 2 N–H and O–H groups in total. The van der Waals surface area contributed by atoms with Crippen LogP contribution in [0.25, 0.3) is 0 Å². The largest absolute Gasteiger partial charge is 0.486 e. The highest BCUT2D eigenvalue weighted by Gasteiger charge is 2.23. The second kappa shape index (κ2) is 5.69. The molecule has 5 heteroatoms. The first kappa shape index (κ1) is 13.2. The van der Waals surface area contributed by atoms with E-state index in [1.807, 2.05) is 6.07 Å². The predicted molar refractivity (Wildman–Crippen MR) is 77.6 cm³/mol. The van der Waals surface area contributed by atoms with Crippen molar-refractivity contribution in [1.82, 2.24) is 4.90 Å². The maximum absolute atomic E-state index is 5.74. The standard InChI is InChI=1S/C14H19BrN2O2/c15-12-6-14-13(18-3-4-19-14)5-11(12)9-17-2-1-10(7-16)8-17/h5-6,10H,1-4,7-9,16H2. The van der Waals surface area contributed by atoms with Gasteiger partial charge in [-0.2, -0.15) is 0 Å². The van der Waals surface area contributed by atoms with Crippen LogP contribution in [0, 0.1) is 5.92 Å². The summed E-state index contributed by atoms with van der Waals surface area (Å²) in [6, 6.07) is 4.11. The van der Waals surface area contributed by atoms with Crippen molar-refractivity contribution >= 4 is 15.9 Å². The third-order valence-electron chi connectivity index (χ3n) is 3.81. The van der Waals surface area contributed by atoms with Gasteiger partial charge in [0.15, 0.2) is 11.5 Å². The van der Waals surface area contributed by atoms with E-state index in [2.05, 4.69) is 26.9 Å². The molecule has 1 atom stereocenters. The van der Waals surface area contributed by atoms with E-state index in [1.165, 1.54) is 12.0 Å². The third-order valence-corrected chi connectivity index (χ3v) is 4.55. The number of nitrogens with zero attached hydrogens (tertiary/aromatic N) is 1. The Bertz CT molecular complexity index is 467. The minimum Gasteiger partial charge on any atom is -0.486 e. The quantitative estimate of drug-likeness (QED) is 0.923. The van der Waals surface area contributed by atoms with Crippen LogP contribution in [0.5, 0.6) is 11.5 Å². The minimum absolute atomic E-state index is 0.628. The highest BCUT2D eigenvalue weighted by Crippen LogP contribution is 2.36. The van der Waals surface area contributed by atoms with Crippen molar-refractivity contribution < 1.29 is 9.47 Å². The Morgan fingerprint density at radius 2 is 2.00 bits per heavy atom. The summed E-state index contributed by atoms with van der Waals surface area (Å²) in [6.45, 7) is 5.21. The minimum atomic E-state index is 0.628. The predicted octanol–water partition coefficient (Wildman–Crippen LogP) is 2.00. The Hall–Kier alpha value is -0.780. The Morgan fingerprint density at radius 1 is 1.26 bits per heavy atom. The lowest BCUT2D eigenvalue weighted by molar-refractivity contribution is 0.171. The van der Waals surface area contributed by atoms with E-state index in [4.69, 9.17) is 15.2 Å². The van der Waals surface area contributed by atoms with Crippen molar-refractivity contribution in [2.24, 2.45) is 11.7 Å². The first-order chi connectivity index (χ1) is 9.26. The molecule has 0 saturated carbocycles. The van der Waals surface area contributed by atoms with Gasteiger partial charge < -0.3 is 15.2 Å². The fourth-order valence-corrected chi connectivity index (χ4v) is 3.16. The van der Waals surface area contributed by atoms with Crippen LogP contribution in [0.15, 0.2) is 16.6 Å². The van der Waals surface area contributed by atoms with E-state index >= 15 is 0 Å². The lowest BCUT2D eigenvalue weighted by Crippen LogP contribution is -2.23. The molecule has 1 saturated heterocycles. The summed E-state index contributed by atoms with van der Waals surface area (Å²) in [7, 11) is 0. The number of halogens is 1. The molecule has 2 heterocycles. The van der Waals surface area contributed by atoms with Crippen molar-refractivity contribution in [2.45, 2.75) is 13.0 Å². The van der Waals surface area contributed by atoms with Crippen LogP contribution >= 0.6 is 15.9 Å². The number of likely N-dealkylation sites (tertiary alicyclic amines) is 1. The summed E-state index contributed by atoms with van der Waals surface area (Å²) in [5, 5.41) is 0. The third kappa shape index (κ3) is 2.88. The van der Waals surface area contributed by atoms with Crippen molar-refractivity contribution in [2.75, 3.05) is 32.8 Å². The smallest absolute Gasteiger partial charge is 0.162 e. The van der Waals surface area contributed by atoms with Gasteiger partial charge in [-0.25, -0.2) is 0 Å². The number of ether oxygens (including phenoxy) is 2. The zero-order valence-electron chi connectivity index (χ0n) is 10.9. The van der Waals surface area contributed by atoms with E-state index in [0.29, 0.717) is 19.1 Å². The van der Waals surface area contributed by atoms with E-state index in [9.17, 15) is 0 Å². The Balaban J connectivity index is 1.74. The molecule has 1 aromatic carbocycles. The molecule has 0 amide bonds. The Morgan fingerprint density at radius 3 is 2.68 bits per heavy atom. The van der Waals surface area contributed by atoms with Gasteiger partial charge >= 0.3 is 0 Å². The number of benzene rings is 1. The lowest BCUT2D eigenvalue weighted by atomic mass is 10.1. The van der Waals surface area contributed by atoms with Crippen molar-refractivity contribution in [3.05, 3.63) is 22.2 Å². The zero-order chi connectivity index (χ0) is 13.2. The number of hydrogen-bond acceptors (Lipinski definition) is 4. The molecule has 3 rings (SSSR count). The molecule has 0 spiro atoms. The van der Waals surface area contributed by atoms with Gasteiger partial charge in [0.05, 0.1) is 0 Å². The van der Waals surface area contributed by atoms with Gasteiger partial charge in [0.1, 0.15) is 13.2 Å². The number of hydrogen-bond donors (Lipinski definition) is 1. The van der Waals surface area contributed by atoms with Crippen molar-refractivity contribution in [1.29, 1.82) is 0 Å². The van der Waals surface area contributed by atoms with Crippen molar-refractivity contribution in [3.63, 3.8) is 0 Å². The number of rotatable bonds is 3. The topological polar surface area (TPSA) is 47.7 Å². The molecule has 4 nitrogen and oxygen atoms in total. The monoisotopic (exact) mass is 326 g/mol. The summed E-state index contributed by atoms with van der Waals surface area (Å²) in [4.78, 5) is 2.45. The molecule has 0 radical (unpaired) electrons. The van der Waals surface area contributed by atoms with Crippen LogP contribution in [-0.2, 0) is 6.54 Å². The Labute approximate surface area is 122 Å². The van der Waals surface area contributed by atoms with Gasteiger partial charge in [0.2, 0.25) is 0 Å². The normalized spacial score (nSPS) is 22.7. The van der Waals surface area contributed by atoms with Gasteiger partial charge in [0.25, 0.3) is 0 Å². The molecule has 2 aliphatic heterocycles. The fourth-order valence-electron chi connectivity index (χ4n) is 2.72. The molecule has 1 fully saturated rings. The van der Waals surface area contributed by atoms with Crippen LogP contribution in [0.1, 0.15) is 12.0 Å². The maximum Gasteiger partial charge on any atom is 0.162 e. The molecule has 1 unspecified atom stereocenters. The molecular formula is C14H19BrN2O2. The second-order valence-electron chi connectivity index (χ2n) is 5.21. The average Bonchev–Trinajstić information content (AvgIpc) is 2.87. The Kier molecular flexibility index (Phi) is 3.96. The average molecular weight is 327 g/mol. The molecule has 1 aromatic rings. The highest BCUT2D eigenvalue weighted by molar-refractivity contribution is 9.10. The summed E-state index contributed by atoms with van der Waals surface area (Å²) in [6.07, 6.45) is 1.21. The van der Waals surface area contributed by atoms with Crippen LogP contribution < -0.4 is 15.2 Å². The van der Waals surface area contributed by atoms with Gasteiger partial charge in [-0.15, -0.1) is 0 Å². The summed E-state index contributed by atoms with van der Waals surface area (Å²) >= 11 is 3.63. The number of nitrogens with two attached hydrogens (primary N) is 1. The molecule has 2 aliphatic rings. The van der Waals surface area contributed by atoms with Crippen LogP contribution in [0.2, 0.25) is 0 Å². The molecule has 104 valence electrons. The van der Waals surface area contributed by atoms with Gasteiger partial charge in [-0.3, -0.25) is 4.90 Å². The molecule has 19 heavy (non-hydrogen) atoms. The number of fused-ring (bicyclic) bond motifs is 1. The van der Waals surface area contributed by atoms with E-state index < -0.39 is 0 Å². The summed E-state index contributed by atoms with van der Waals surface area (Å²) in [5.74, 6) is 2.35. The van der Waals surface area contributed by atoms with E-state index in [0.717, 1.165) is 42.2 Å². The van der Waals surface area contributed by atoms with Crippen LogP contribution in [0.3, 0.4) is 0 Å². The first-order valence-corrected chi connectivity index (χ1v) is 7.56. The lowest BCUT2D eigenvalue weighted by Gasteiger charge is -2.22. The van der Waals surface area contributed by atoms with Crippen molar-refractivity contribution in [3.8, 4) is 11.5 Å². The fraction of sp³-hybridized carbons (Fsp3) is 0.571. The summed E-state index contributed by atoms with van der Waals surface area (Å²) < 4.78 is 12.3. The second-order valence-corrected chi connectivity index (χ2v) is 6.07. The molecule has 0 bridgehead atoms. The van der Waals surface area contributed by atoms with Gasteiger partial charge in [-0.05, 0) is 43.1 Å². The SMILES string of the molecule is NCC1CCN(Cc2cc3c(cc2Br)OCCO3)C1. The highest BCUT2D eigenvalue weighted by atomic mass is 79.9. The van der Waals surface area contributed by atoms with Crippen LogP contribution in [-0.4, -0.2) is 37.7 Å². The van der Waals surface area contributed by atoms with E-state index in [-0.39, 0.29) is 0 Å². The summed E-state index contributed by atoms with van der Waals surface area (Å²) in [5.41, 5.74) is 6.99. The van der Waals surface area contributed by atoms with Gasteiger partial charge in [0, 0.05) is 17.6 Å². The van der Waals surface area contributed by atoms with Gasteiger partial charge in [-0.1, -0.05) is 15.9 Å². The maximum atomic E-state index is 5.74. The molecule has 0 aromatic heterocycles. The molecule has 0 aliphatic carbocycles.